The molecule has 82 valence electrons. The molecule has 3 heteroatoms. The van der Waals surface area contributed by atoms with Crippen LogP contribution in [-0.4, -0.2) is 36.6 Å². The molecule has 0 unspecified atom stereocenters. The highest BCUT2D eigenvalue weighted by Gasteiger charge is 2.25. The van der Waals surface area contributed by atoms with Crippen molar-refractivity contribution in [2.45, 2.75) is 39.7 Å². The van der Waals surface area contributed by atoms with Crippen LogP contribution in [0.3, 0.4) is 0 Å². The fourth-order valence-corrected chi connectivity index (χ4v) is 1.83. The van der Waals surface area contributed by atoms with Gasteiger partial charge in [-0.05, 0) is 45.7 Å². The lowest BCUT2D eigenvalue weighted by molar-refractivity contribution is -0.149. The average Bonchev–Trinajstić information content (AvgIpc) is 2.18. The second kappa shape index (κ2) is 5.35. The summed E-state index contributed by atoms with van der Waals surface area (Å²) in [6, 6.07) is -0.0672. The van der Waals surface area contributed by atoms with Crippen molar-refractivity contribution in [3.8, 4) is 0 Å². The van der Waals surface area contributed by atoms with E-state index in [9.17, 15) is 4.79 Å². The number of hydrogen-bond donors (Lipinski definition) is 0. The van der Waals surface area contributed by atoms with Crippen molar-refractivity contribution in [1.82, 2.24) is 4.90 Å². The van der Waals surface area contributed by atoms with Gasteiger partial charge in [0.05, 0.1) is 6.61 Å². The van der Waals surface area contributed by atoms with E-state index >= 15 is 0 Å². The van der Waals surface area contributed by atoms with Gasteiger partial charge in [0.2, 0.25) is 0 Å². The standard InChI is InChI=1S/C11H21NO2/c1-4-14-11(13)10(3)12-7-5-9(2)6-8-12/h9-10H,4-8H2,1-3H3/t10-/m1/s1. The van der Waals surface area contributed by atoms with Crippen molar-refractivity contribution in [2.24, 2.45) is 5.92 Å². The Morgan fingerprint density at radius 3 is 2.57 bits per heavy atom. The topological polar surface area (TPSA) is 29.5 Å². The summed E-state index contributed by atoms with van der Waals surface area (Å²) in [7, 11) is 0. The van der Waals surface area contributed by atoms with Gasteiger partial charge in [-0.3, -0.25) is 9.69 Å². The molecule has 1 aliphatic heterocycles. The molecule has 1 heterocycles. The van der Waals surface area contributed by atoms with E-state index in [2.05, 4.69) is 11.8 Å². The minimum absolute atomic E-state index is 0.0672. The number of hydrogen-bond acceptors (Lipinski definition) is 3. The zero-order valence-electron chi connectivity index (χ0n) is 9.45. The van der Waals surface area contributed by atoms with Gasteiger partial charge >= 0.3 is 5.97 Å². The van der Waals surface area contributed by atoms with E-state index in [1.165, 1.54) is 12.8 Å². The molecule has 1 rings (SSSR count). The summed E-state index contributed by atoms with van der Waals surface area (Å²) in [6.07, 6.45) is 2.40. The molecule has 3 nitrogen and oxygen atoms in total. The van der Waals surface area contributed by atoms with E-state index in [-0.39, 0.29) is 12.0 Å². The molecule has 0 amide bonds. The predicted octanol–water partition coefficient (Wildman–Crippen LogP) is 1.67. The van der Waals surface area contributed by atoms with Gasteiger partial charge in [0, 0.05) is 0 Å². The number of carbonyl (C=O) groups excluding carboxylic acids is 1. The number of ether oxygens (including phenoxy) is 1. The van der Waals surface area contributed by atoms with Crippen LogP contribution in [-0.2, 0) is 9.53 Å². The maximum atomic E-state index is 11.5. The molecular formula is C11H21NO2. The molecular weight excluding hydrogens is 178 g/mol. The second-order valence-corrected chi connectivity index (χ2v) is 4.15. The van der Waals surface area contributed by atoms with Crippen LogP contribution in [0.5, 0.6) is 0 Å². The van der Waals surface area contributed by atoms with E-state index < -0.39 is 0 Å². The number of piperidine rings is 1. The average molecular weight is 199 g/mol. The summed E-state index contributed by atoms with van der Waals surface area (Å²) in [6.45, 7) is 8.60. The van der Waals surface area contributed by atoms with Crippen LogP contribution in [0.15, 0.2) is 0 Å². The summed E-state index contributed by atoms with van der Waals surface area (Å²) in [4.78, 5) is 13.7. The monoisotopic (exact) mass is 199 g/mol. The Kier molecular flexibility index (Phi) is 4.39. The highest BCUT2D eigenvalue weighted by Crippen LogP contribution is 2.18. The van der Waals surface area contributed by atoms with Crippen molar-refractivity contribution in [2.75, 3.05) is 19.7 Å². The summed E-state index contributed by atoms with van der Waals surface area (Å²) in [5.41, 5.74) is 0. The third-order valence-corrected chi connectivity index (χ3v) is 2.99. The third-order valence-electron chi connectivity index (χ3n) is 2.99. The lowest BCUT2D eigenvalue weighted by Gasteiger charge is -2.33. The van der Waals surface area contributed by atoms with Crippen molar-refractivity contribution >= 4 is 5.97 Å². The van der Waals surface area contributed by atoms with Crippen molar-refractivity contribution in [3.63, 3.8) is 0 Å². The van der Waals surface area contributed by atoms with E-state index in [4.69, 9.17) is 4.74 Å². The predicted molar refractivity (Wildman–Crippen MR) is 56.1 cm³/mol. The van der Waals surface area contributed by atoms with E-state index in [0.717, 1.165) is 19.0 Å². The second-order valence-electron chi connectivity index (χ2n) is 4.15. The smallest absolute Gasteiger partial charge is 0.323 e. The molecule has 0 saturated carbocycles. The van der Waals surface area contributed by atoms with Crippen LogP contribution < -0.4 is 0 Å². The first-order chi connectivity index (χ1) is 6.65. The van der Waals surface area contributed by atoms with Crippen molar-refractivity contribution < 1.29 is 9.53 Å². The number of rotatable bonds is 3. The first kappa shape index (κ1) is 11.5. The molecule has 0 spiro atoms. The molecule has 0 aromatic heterocycles. The molecule has 0 N–H and O–H groups in total. The minimum Gasteiger partial charge on any atom is -0.465 e. The zero-order chi connectivity index (χ0) is 10.6. The summed E-state index contributed by atoms with van der Waals surface area (Å²) < 4.78 is 5.00. The van der Waals surface area contributed by atoms with Gasteiger partial charge in [0.25, 0.3) is 0 Å². The third kappa shape index (κ3) is 2.98. The van der Waals surface area contributed by atoms with Gasteiger partial charge in [-0.2, -0.15) is 0 Å². The molecule has 0 radical (unpaired) electrons. The van der Waals surface area contributed by atoms with Crippen LogP contribution in [0.1, 0.15) is 33.6 Å². The molecule has 1 saturated heterocycles. The van der Waals surface area contributed by atoms with Gasteiger partial charge in [-0.15, -0.1) is 0 Å². The zero-order valence-corrected chi connectivity index (χ0v) is 9.45. The molecule has 1 atom stereocenters. The Bertz CT molecular complexity index is 186. The van der Waals surface area contributed by atoms with E-state index in [0.29, 0.717) is 6.61 Å². The molecule has 14 heavy (non-hydrogen) atoms. The van der Waals surface area contributed by atoms with E-state index in [1.54, 1.807) is 0 Å². The number of carbonyl (C=O) groups is 1. The summed E-state index contributed by atoms with van der Waals surface area (Å²) in [5.74, 6) is 0.725. The SMILES string of the molecule is CCOC(=O)[C@@H](C)N1CCC(C)CC1. The molecule has 1 fully saturated rings. The number of nitrogens with zero attached hydrogens (tertiary/aromatic N) is 1. The number of esters is 1. The molecule has 0 aliphatic carbocycles. The van der Waals surface area contributed by atoms with Gasteiger partial charge in [-0.1, -0.05) is 6.92 Å². The fraction of sp³-hybridized carbons (Fsp3) is 0.909. The Hall–Kier alpha value is -0.570. The summed E-state index contributed by atoms with van der Waals surface area (Å²) >= 11 is 0. The maximum Gasteiger partial charge on any atom is 0.323 e. The highest BCUT2D eigenvalue weighted by molar-refractivity contribution is 5.75. The molecule has 0 bridgehead atoms. The van der Waals surface area contributed by atoms with Crippen LogP contribution in [0.4, 0.5) is 0 Å². The van der Waals surface area contributed by atoms with Crippen LogP contribution >= 0.6 is 0 Å². The maximum absolute atomic E-state index is 11.5. The van der Waals surface area contributed by atoms with Crippen molar-refractivity contribution in [3.05, 3.63) is 0 Å². The van der Waals surface area contributed by atoms with Crippen molar-refractivity contribution in [1.29, 1.82) is 0 Å². The quantitative estimate of drug-likeness (QED) is 0.648. The first-order valence-electron chi connectivity index (χ1n) is 5.55. The van der Waals surface area contributed by atoms with Gasteiger partial charge in [-0.25, -0.2) is 0 Å². The van der Waals surface area contributed by atoms with Crippen LogP contribution in [0.2, 0.25) is 0 Å². The molecule has 0 aromatic rings. The lowest BCUT2D eigenvalue weighted by atomic mass is 9.98. The summed E-state index contributed by atoms with van der Waals surface area (Å²) in [5, 5.41) is 0. The fourth-order valence-electron chi connectivity index (χ4n) is 1.83. The van der Waals surface area contributed by atoms with Crippen LogP contribution in [0, 0.1) is 5.92 Å². The normalized spacial score (nSPS) is 21.9. The first-order valence-corrected chi connectivity index (χ1v) is 5.55. The van der Waals surface area contributed by atoms with E-state index in [1.807, 2.05) is 13.8 Å². The van der Waals surface area contributed by atoms with Gasteiger partial charge in [0.15, 0.2) is 0 Å². The van der Waals surface area contributed by atoms with Gasteiger partial charge < -0.3 is 4.74 Å². The Morgan fingerprint density at radius 1 is 1.50 bits per heavy atom. The highest BCUT2D eigenvalue weighted by atomic mass is 16.5. The Morgan fingerprint density at radius 2 is 2.07 bits per heavy atom. The Balaban J connectivity index is 2.37. The minimum atomic E-state index is -0.0814. The molecule has 1 aliphatic rings. The largest absolute Gasteiger partial charge is 0.465 e. The Labute approximate surface area is 86.4 Å². The lowest BCUT2D eigenvalue weighted by Crippen LogP contribution is -2.44. The number of likely N-dealkylation sites (tertiary alicyclic amines) is 1. The molecule has 0 aromatic carbocycles. The van der Waals surface area contributed by atoms with Crippen LogP contribution in [0.25, 0.3) is 0 Å². The van der Waals surface area contributed by atoms with Gasteiger partial charge in [0.1, 0.15) is 6.04 Å².